The van der Waals surface area contributed by atoms with Crippen molar-refractivity contribution in [2.75, 3.05) is 10.6 Å². The van der Waals surface area contributed by atoms with Crippen LogP contribution in [0.2, 0.25) is 0 Å². The Morgan fingerprint density at radius 2 is 1.94 bits per heavy atom. The summed E-state index contributed by atoms with van der Waals surface area (Å²) in [7, 11) is 0. The van der Waals surface area contributed by atoms with Gasteiger partial charge in [0, 0.05) is 17.7 Å². The van der Waals surface area contributed by atoms with Crippen LogP contribution in [0.15, 0.2) is 48.7 Å². The molecule has 0 unspecified atom stereocenters. The van der Waals surface area contributed by atoms with Crippen LogP contribution in [0.1, 0.15) is 42.9 Å². The van der Waals surface area contributed by atoms with Crippen molar-refractivity contribution in [3.63, 3.8) is 0 Å². The zero-order valence-corrected chi connectivity index (χ0v) is 17.8. The van der Waals surface area contributed by atoms with E-state index in [1.165, 1.54) is 11.3 Å². The lowest BCUT2D eigenvalue weighted by atomic mass is 9.71. The highest BCUT2D eigenvalue weighted by molar-refractivity contribution is 7.20. The van der Waals surface area contributed by atoms with E-state index in [0.29, 0.717) is 22.4 Å². The average Bonchev–Trinajstić information content (AvgIpc) is 3.42. The van der Waals surface area contributed by atoms with Crippen LogP contribution >= 0.6 is 11.3 Å². The standard InChI is InChI=1S/C23H19N5O2S/c1-12(2)13-7-8-16-14(9-13)23(21(30)25-16)10-19(29)27-20-15(23)11-24-28(20)22-26-17-5-3-4-6-18(17)31-22/h3-9,11-12H,10H2,1-2H3,(H,25,30)(H,27,29)/t23-/m1/s1. The molecule has 2 N–H and O–H groups in total. The number of rotatable bonds is 2. The number of benzene rings is 2. The van der Waals surface area contributed by atoms with Gasteiger partial charge in [0.05, 0.1) is 16.4 Å². The van der Waals surface area contributed by atoms with Gasteiger partial charge in [0.15, 0.2) is 0 Å². The third-order valence-electron chi connectivity index (χ3n) is 6.18. The summed E-state index contributed by atoms with van der Waals surface area (Å²) in [5, 5.41) is 11.1. The summed E-state index contributed by atoms with van der Waals surface area (Å²) in [5.41, 5.74) is 3.19. The van der Waals surface area contributed by atoms with E-state index in [-0.39, 0.29) is 18.2 Å². The summed E-state index contributed by atoms with van der Waals surface area (Å²) < 4.78 is 2.67. The molecule has 4 aromatic rings. The van der Waals surface area contributed by atoms with E-state index in [0.717, 1.165) is 27.0 Å². The molecule has 0 bridgehead atoms. The molecule has 2 amide bonds. The largest absolute Gasteiger partial charge is 0.325 e. The van der Waals surface area contributed by atoms with E-state index >= 15 is 0 Å². The predicted octanol–water partition coefficient (Wildman–Crippen LogP) is 4.19. The summed E-state index contributed by atoms with van der Waals surface area (Å²) >= 11 is 1.49. The third-order valence-corrected chi connectivity index (χ3v) is 7.19. The molecule has 4 heterocycles. The van der Waals surface area contributed by atoms with E-state index in [1.54, 1.807) is 10.9 Å². The Bertz CT molecular complexity index is 1370. The molecule has 0 saturated heterocycles. The fourth-order valence-electron chi connectivity index (χ4n) is 4.57. The first-order chi connectivity index (χ1) is 15.0. The van der Waals surface area contributed by atoms with Crippen molar-refractivity contribution in [1.82, 2.24) is 14.8 Å². The van der Waals surface area contributed by atoms with Crippen molar-refractivity contribution in [1.29, 1.82) is 0 Å². The van der Waals surface area contributed by atoms with Crippen molar-refractivity contribution in [2.24, 2.45) is 0 Å². The Morgan fingerprint density at radius 1 is 1.10 bits per heavy atom. The van der Waals surface area contributed by atoms with Crippen molar-refractivity contribution < 1.29 is 9.59 Å². The molecule has 154 valence electrons. The monoisotopic (exact) mass is 429 g/mol. The molecule has 2 aliphatic heterocycles. The number of carbonyl (C=O) groups is 2. The lowest BCUT2D eigenvalue weighted by Gasteiger charge is -2.31. The zero-order chi connectivity index (χ0) is 21.3. The normalized spacial score (nSPS) is 19.6. The SMILES string of the molecule is CC(C)c1ccc2c(c1)[C@@]1(CC(=O)Nc3c1cnn3-c1nc3ccccc3s1)C(=O)N2. The zero-order valence-electron chi connectivity index (χ0n) is 17.0. The number of anilines is 2. The van der Waals surface area contributed by atoms with Crippen molar-refractivity contribution in [3.05, 3.63) is 65.4 Å². The van der Waals surface area contributed by atoms with Gasteiger partial charge in [-0.05, 0) is 35.2 Å². The Kier molecular flexibility index (Phi) is 3.68. The Hall–Kier alpha value is -3.52. The minimum atomic E-state index is -1.09. The van der Waals surface area contributed by atoms with E-state index < -0.39 is 5.41 Å². The Labute approximate surface area is 182 Å². The molecule has 2 aromatic carbocycles. The molecule has 6 rings (SSSR count). The lowest BCUT2D eigenvalue weighted by molar-refractivity contribution is -0.125. The number of aromatic nitrogens is 3. The Morgan fingerprint density at radius 3 is 2.74 bits per heavy atom. The number of para-hydroxylation sites is 1. The van der Waals surface area contributed by atoms with Gasteiger partial charge >= 0.3 is 0 Å². The first-order valence-electron chi connectivity index (χ1n) is 10.2. The van der Waals surface area contributed by atoms with E-state index in [9.17, 15) is 9.59 Å². The highest BCUT2D eigenvalue weighted by Crippen LogP contribution is 2.50. The molecule has 31 heavy (non-hydrogen) atoms. The number of nitrogens with zero attached hydrogens (tertiary/aromatic N) is 3. The number of hydrogen-bond donors (Lipinski definition) is 2. The van der Waals surface area contributed by atoms with Crippen molar-refractivity contribution in [2.45, 2.75) is 31.6 Å². The van der Waals surface area contributed by atoms with Gasteiger partial charge in [-0.25, -0.2) is 4.98 Å². The Balaban J connectivity index is 1.58. The molecule has 0 saturated carbocycles. The molecule has 1 atom stereocenters. The van der Waals surface area contributed by atoms with E-state index in [2.05, 4.69) is 40.6 Å². The van der Waals surface area contributed by atoms with Crippen LogP contribution in [0.5, 0.6) is 0 Å². The fourth-order valence-corrected chi connectivity index (χ4v) is 5.50. The molecule has 2 aromatic heterocycles. The average molecular weight is 430 g/mol. The fraction of sp³-hybridized carbons (Fsp3) is 0.217. The van der Waals surface area contributed by atoms with Gasteiger partial charge in [-0.1, -0.05) is 49.4 Å². The molecule has 8 heteroatoms. The maximum absolute atomic E-state index is 13.3. The van der Waals surface area contributed by atoms with Gasteiger partial charge in [0.2, 0.25) is 16.9 Å². The number of carbonyl (C=O) groups excluding carboxylic acids is 2. The van der Waals surface area contributed by atoms with Gasteiger partial charge in [-0.15, -0.1) is 0 Å². The summed E-state index contributed by atoms with van der Waals surface area (Å²) in [4.78, 5) is 30.9. The topological polar surface area (TPSA) is 88.9 Å². The van der Waals surface area contributed by atoms with Gasteiger partial charge in [-0.3, -0.25) is 9.59 Å². The van der Waals surface area contributed by atoms with E-state index in [1.807, 2.05) is 36.4 Å². The minimum Gasteiger partial charge on any atom is -0.325 e. The van der Waals surface area contributed by atoms with Crippen LogP contribution in [0.25, 0.3) is 15.3 Å². The highest BCUT2D eigenvalue weighted by Gasteiger charge is 2.54. The molecule has 7 nitrogen and oxygen atoms in total. The number of hydrogen-bond acceptors (Lipinski definition) is 5. The number of fused-ring (bicyclic) bond motifs is 5. The van der Waals surface area contributed by atoms with E-state index in [4.69, 9.17) is 0 Å². The van der Waals surface area contributed by atoms with Gasteiger partial charge in [0.1, 0.15) is 11.2 Å². The van der Waals surface area contributed by atoms with Crippen LogP contribution < -0.4 is 10.6 Å². The molecular formula is C23H19N5O2S. The first-order valence-corrected chi connectivity index (χ1v) is 11.0. The van der Waals surface area contributed by atoms with Gasteiger partial charge in [0.25, 0.3) is 0 Å². The third kappa shape index (κ3) is 2.45. The number of nitrogens with one attached hydrogen (secondary N) is 2. The molecule has 2 aliphatic rings. The summed E-state index contributed by atoms with van der Waals surface area (Å²) in [5.74, 6) is 0.408. The number of thiazole rings is 1. The van der Waals surface area contributed by atoms with Crippen molar-refractivity contribution in [3.8, 4) is 5.13 Å². The van der Waals surface area contributed by atoms with Crippen LogP contribution in [0.4, 0.5) is 11.5 Å². The number of amides is 2. The molecule has 0 radical (unpaired) electrons. The van der Waals surface area contributed by atoms with Crippen molar-refractivity contribution >= 4 is 44.9 Å². The first kappa shape index (κ1) is 18.3. The molecule has 0 aliphatic carbocycles. The van der Waals surface area contributed by atoms with Crippen LogP contribution in [0.3, 0.4) is 0 Å². The second-order valence-electron chi connectivity index (χ2n) is 8.33. The quantitative estimate of drug-likeness (QED) is 0.500. The second kappa shape index (κ2) is 6.24. The summed E-state index contributed by atoms with van der Waals surface area (Å²) in [6.45, 7) is 4.23. The molecular weight excluding hydrogens is 410 g/mol. The molecule has 1 spiro atoms. The van der Waals surface area contributed by atoms with Crippen LogP contribution in [-0.2, 0) is 15.0 Å². The lowest BCUT2D eigenvalue weighted by Crippen LogP contribution is -2.43. The maximum atomic E-state index is 13.3. The predicted molar refractivity (Wildman–Crippen MR) is 120 cm³/mol. The minimum absolute atomic E-state index is 0.0475. The van der Waals surface area contributed by atoms with Crippen LogP contribution in [0, 0.1) is 0 Å². The summed E-state index contributed by atoms with van der Waals surface area (Å²) in [6, 6.07) is 13.9. The smallest absolute Gasteiger partial charge is 0.240 e. The van der Waals surface area contributed by atoms with Gasteiger partial charge in [-0.2, -0.15) is 9.78 Å². The van der Waals surface area contributed by atoms with Gasteiger partial charge < -0.3 is 10.6 Å². The highest BCUT2D eigenvalue weighted by atomic mass is 32.1. The summed E-state index contributed by atoms with van der Waals surface area (Å²) in [6.07, 6.45) is 1.74. The second-order valence-corrected chi connectivity index (χ2v) is 9.34. The molecule has 0 fully saturated rings. The maximum Gasteiger partial charge on any atom is 0.240 e. The van der Waals surface area contributed by atoms with Crippen LogP contribution in [-0.4, -0.2) is 26.6 Å².